The third-order valence-corrected chi connectivity index (χ3v) is 3.27. The Morgan fingerprint density at radius 3 is 2.89 bits per heavy atom. The molecule has 2 aliphatic rings. The van der Waals surface area contributed by atoms with Crippen LogP contribution in [0.15, 0.2) is 18.2 Å². The molecule has 1 saturated heterocycles. The number of ether oxygens (including phenoxy) is 2. The first kappa shape index (κ1) is 11.5. The summed E-state index contributed by atoms with van der Waals surface area (Å²) in [6, 6.07) is 5.78. The van der Waals surface area contributed by atoms with Crippen LogP contribution in [0, 0.1) is 0 Å². The molecule has 5 heteroatoms. The maximum absolute atomic E-state index is 11.6. The third-order valence-electron chi connectivity index (χ3n) is 3.27. The van der Waals surface area contributed by atoms with Crippen molar-refractivity contribution in [2.75, 3.05) is 11.9 Å². The SMILES string of the molecule is CC1NCC(c2ccc3c(c2)NC(=O)C(C)O3)O1. The maximum Gasteiger partial charge on any atom is 0.265 e. The van der Waals surface area contributed by atoms with Gasteiger partial charge in [-0.05, 0) is 31.5 Å². The highest BCUT2D eigenvalue weighted by Gasteiger charge is 2.27. The van der Waals surface area contributed by atoms with Crippen molar-refractivity contribution in [3.63, 3.8) is 0 Å². The average Bonchev–Trinajstić information content (AvgIpc) is 2.77. The number of fused-ring (bicyclic) bond motifs is 1. The molecule has 0 saturated carbocycles. The van der Waals surface area contributed by atoms with Gasteiger partial charge in [0, 0.05) is 6.54 Å². The van der Waals surface area contributed by atoms with Crippen molar-refractivity contribution in [1.82, 2.24) is 5.32 Å². The Balaban J connectivity index is 1.87. The lowest BCUT2D eigenvalue weighted by Gasteiger charge is -2.24. The Bertz CT molecular complexity index is 489. The summed E-state index contributed by atoms with van der Waals surface area (Å²) >= 11 is 0. The van der Waals surface area contributed by atoms with E-state index in [0.717, 1.165) is 17.8 Å². The quantitative estimate of drug-likeness (QED) is 0.789. The van der Waals surface area contributed by atoms with Crippen LogP contribution in [-0.2, 0) is 9.53 Å². The van der Waals surface area contributed by atoms with Gasteiger partial charge >= 0.3 is 0 Å². The Morgan fingerprint density at radius 2 is 2.17 bits per heavy atom. The van der Waals surface area contributed by atoms with Crippen LogP contribution in [0.1, 0.15) is 25.5 Å². The normalized spacial score (nSPS) is 30.6. The lowest BCUT2D eigenvalue weighted by Crippen LogP contribution is -2.34. The molecule has 0 spiro atoms. The monoisotopic (exact) mass is 248 g/mol. The number of anilines is 1. The number of benzene rings is 1. The second-order valence-corrected chi connectivity index (χ2v) is 4.68. The summed E-state index contributed by atoms with van der Waals surface area (Å²) in [4.78, 5) is 11.6. The van der Waals surface area contributed by atoms with Gasteiger partial charge in [-0.25, -0.2) is 0 Å². The molecule has 1 aromatic rings. The van der Waals surface area contributed by atoms with Gasteiger partial charge in [0.05, 0.1) is 11.8 Å². The number of nitrogens with one attached hydrogen (secondary N) is 2. The number of rotatable bonds is 1. The smallest absolute Gasteiger partial charge is 0.265 e. The van der Waals surface area contributed by atoms with Crippen LogP contribution in [0.3, 0.4) is 0 Å². The molecular weight excluding hydrogens is 232 g/mol. The van der Waals surface area contributed by atoms with Gasteiger partial charge in [0.15, 0.2) is 6.10 Å². The van der Waals surface area contributed by atoms with Crippen molar-refractivity contribution in [2.45, 2.75) is 32.3 Å². The summed E-state index contributed by atoms with van der Waals surface area (Å²) in [6.07, 6.45) is -0.341. The van der Waals surface area contributed by atoms with Crippen molar-refractivity contribution >= 4 is 11.6 Å². The molecule has 0 aliphatic carbocycles. The summed E-state index contributed by atoms with van der Waals surface area (Å²) < 4.78 is 11.2. The van der Waals surface area contributed by atoms with Gasteiger partial charge in [-0.2, -0.15) is 0 Å². The first-order valence-electron chi connectivity index (χ1n) is 6.14. The minimum atomic E-state index is -0.437. The van der Waals surface area contributed by atoms with E-state index >= 15 is 0 Å². The van der Waals surface area contributed by atoms with Crippen molar-refractivity contribution in [1.29, 1.82) is 0 Å². The van der Waals surface area contributed by atoms with Crippen LogP contribution in [-0.4, -0.2) is 24.8 Å². The van der Waals surface area contributed by atoms with Gasteiger partial charge in [-0.15, -0.1) is 0 Å². The van der Waals surface area contributed by atoms with Gasteiger partial charge in [0.1, 0.15) is 12.0 Å². The molecule has 5 nitrogen and oxygen atoms in total. The van der Waals surface area contributed by atoms with Crippen molar-refractivity contribution in [3.05, 3.63) is 23.8 Å². The average molecular weight is 248 g/mol. The Kier molecular flexibility index (Phi) is 2.72. The van der Waals surface area contributed by atoms with Crippen LogP contribution < -0.4 is 15.4 Å². The molecule has 1 aromatic carbocycles. The van der Waals surface area contributed by atoms with Crippen LogP contribution in [0.2, 0.25) is 0 Å². The molecule has 0 aromatic heterocycles. The number of hydrogen-bond donors (Lipinski definition) is 2. The molecule has 2 N–H and O–H groups in total. The molecule has 1 fully saturated rings. The minimum absolute atomic E-state index is 0.0292. The summed E-state index contributed by atoms with van der Waals surface area (Å²) in [6.45, 7) is 4.49. The third kappa shape index (κ3) is 1.95. The van der Waals surface area contributed by atoms with E-state index in [4.69, 9.17) is 9.47 Å². The number of hydrogen-bond acceptors (Lipinski definition) is 4. The van der Waals surface area contributed by atoms with Gasteiger partial charge < -0.3 is 14.8 Å². The van der Waals surface area contributed by atoms with Gasteiger partial charge in [0.25, 0.3) is 5.91 Å². The van der Waals surface area contributed by atoms with Gasteiger partial charge in [-0.3, -0.25) is 10.1 Å². The van der Waals surface area contributed by atoms with E-state index in [1.54, 1.807) is 6.92 Å². The maximum atomic E-state index is 11.6. The lowest BCUT2D eigenvalue weighted by molar-refractivity contribution is -0.122. The molecule has 96 valence electrons. The first-order valence-corrected chi connectivity index (χ1v) is 6.14. The molecule has 1 amide bonds. The molecule has 2 aliphatic heterocycles. The number of carbonyl (C=O) groups is 1. The summed E-state index contributed by atoms with van der Waals surface area (Å²) in [7, 11) is 0. The second kappa shape index (κ2) is 4.26. The van der Waals surface area contributed by atoms with Crippen molar-refractivity contribution in [3.8, 4) is 5.75 Å². The molecule has 2 heterocycles. The van der Waals surface area contributed by atoms with Crippen LogP contribution in [0.4, 0.5) is 5.69 Å². The van der Waals surface area contributed by atoms with E-state index in [9.17, 15) is 4.79 Å². The largest absolute Gasteiger partial charge is 0.479 e. The molecule has 3 unspecified atom stereocenters. The van der Waals surface area contributed by atoms with E-state index in [-0.39, 0.29) is 18.2 Å². The zero-order valence-corrected chi connectivity index (χ0v) is 10.4. The number of amides is 1. The number of carbonyl (C=O) groups excluding carboxylic acids is 1. The van der Waals surface area contributed by atoms with E-state index in [1.807, 2.05) is 25.1 Å². The highest BCUT2D eigenvalue weighted by molar-refractivity contribution is 5.97. The second-order valence-electron chi connectivity index (χ2n) is 4.68. The van der Waals surface area contributed by atoms with Crippen molar-refractivity contribution in [2.24, 2.45) is 0 Å². The van der Waals surface area contributed by atoms with E-state index < -0.39 is 6.10 Å². The van der Waals surface area contributed by atoms with Gasteiger partial charge in [0.2, 0.25) is 0 Å². The zero-order chi connectivity index (χ0) is 12.7. The minimum Gasteiger partial charge on any atom is -0.479 e. The zero-order valence-electron chi connectivity index (χ0n) is 10.4. The molecule has 3 atom stereocenters. The Morgan fingerprint density at radius 1 is 1.33 bits per heavy atom. The fourth-order valence-electron chi connectivity index (χ4n) is 2.24. The predicted octanol–water partition coefficient (Wildman–Crippen LogP) is 1.41. The lowest BCUT2D eigenvalue weighted by atomic mass is 10.1. The predicted molar refractivity (Wildman–Crippen MR) is 66.5 cm³/mol. The van der Waals surface area contributed by atoms with Crippen LogP contribution in [0.5, 0.6) is 5.75 Å². The molecular formula is C13H16N2O3. The van der Waals surface area contributed by atoms with Crippen LogP contribution in [0.25, 0.3) is 0 Å². The molecule has 3 rings (SSSR count). The fraction of sp³-hybridized carbons (Fsp3) is 0.462. The topological polar surface area (TPSA) is 59.6 Å². The van der Waals surface area contributed by atoms with E-state index in [0.29, 0.717) is 5.75 Å². The van der Waals surface area contributed by atoms with E-state index in [1.165, 1.54) is 0 Å². The summed E-state index contributed by atoms with van der Waals surface area (Å²) in [5.74, 6) is 0.600. The molecule has 18 heavy (non-hydrogen) atoms. The summed E-state index contributed by atoms with van der Waals surface area (Å²) in [5, 5.41) is 6.07. The highest BCUT2D eigenvalue weighted by atomic mass is 16.5. The van der Waals surface area contributed by atoms with Crippen LogP contribution >= 0.6 is 0 Å². The van der Waals surface area contributed by atoms with Crippen molar-refractivity contribution < 1.29 is 14.3 Å². The standard InChI is InChI=1S/C13H16N2O3/c1-7-13(16)15-10-5-9(3-4-11(10)17-7)12-6-14-8(2)18-12/h3-5,7-8,12,14H,6H2,1-2H3,(H,15,16). The summed E-state index contributed by atoms with van der Waals surface area (Å²) in [5.41, 5.74) is 1.77. The van der Waals surface area contributed by atoms with E-state index in [2.05, 4.69) is 10.6 Å². The Labute approximate surface area is 105 Å². The van der Waals surface area contributed by atoms with Gasteiger partial charge in [-0.1, -0.05) is 6.07 Å². The molecule has 0 radical (unpaired) electrons. The fourth-order valence-corrected chi connectivity index (χ4v) is 2.24. The first-order chi connectivity index (χ1) is 8.63. The Hall–Kier alpha value is -1.59. The highest BCUT2D eigenvalue weighted by Crippen LogP contribution is 2.33. The molecule has 0 bridgehead atoms.